The third-order valence-corrected chi connectivity index (χ3v) is 3.76. The number of nitrogens with one attached hydrogen (secondary N) is 1. The maximum Gasteiger partial charge on any atom is 0.276 e. The average molecular weight is 355 g/mol. The van der Waals surface area contributed by atoms with E-state index in [1.807, 2.05) is 43.3 Å². The number of hydrogen-bond donors (Lipinski definition) is 1. The van der Waals surface area contributed by atoms with Gasteiger partial charge in [-0.15, -0.1) is 5.10 Å². The van der Waals surface area contributed by atoms with Crippen molar-refractivity contribution in [1.82, 2.24) is 14.8 Å². The van der Waals surface area contributed by atoms with Crippen molar-refractivity contribution in [2.75, 3.05) is 38.0 Å². The summed E-state index contributed by atoms with van der Waals surface area (Å²) in [5.41, 5.74) is 2.18. The van der Waals surface area contributed by atoms with Crippen LogP contribution in [0.5, 0.6) is 0 Å². The van der Waals surface area contributed by atoms with Crippen LogP contribution in [0, 0.1) is 0 Å². The monoisotopic (exact) mass is 355 g/mol. The van der Waals surface area contributed by atoms with Gasteiger partial charge in [-0.2, -0.15) is 9.67 Å². The molecule has 0 aliphatic heterocycles. The molecule has 2 heterocycles. The minimum atomic E-state index is -0.316. The summed E-state index contributed by atoms with van der Waals surface area (Å²) in [6.07, 6.45) is 1.53. The van der Waals surface area contributed by atoms with E-state index in [4.69, 9.17) is 9.15 Å². The summed E-state index contributed by atoms with van der Waals surface area (Å²) >= 11 is 0. The van der Waals surface area contributed by atoms with Crippen LogP contribution in [0.1, 0.15) is 10.4 Å². The Bertz CT molecular complexity index is 854. The zero-order chi connectivity index (χ0) is 18.5. The number of hydrogen-bond acceptors (Lipinski definition) is 7. The number of benzene rings is 1. The fourth-order valence-corrected chi connectivity index (χ4v) is 2.39. The molecule has 0 saturated carbocycles. The predicted octanol–water partition coefficient (Wildman–Crippen LogP) is 2.50. The molecule has 0 atom stereocenters. The number of nitrogens with zero attached hydrogens (tertiary/aromatic N) is 4. The molecular formula is C18H21N5O3. The lowest BCUT2D eigenvalue weighted by atomic mass is 10.2. The van der Waals surface area contributed by atoms with Crippen LogP contribution in [-0.2, 0) is 11.3 Å². The summed E-state index contributed by atoms with van der Waals surface area (Å²) in [6, 6.07) is 11.6. The van der Waals surface area contributed by atoms with E-state index in [9.17, 15) is 4.79 Å². The number of carbonyl (C=O) groups is 1. The Morgan fingerprint density at radius 3 is 2.65 bits per heavy atom. The molecule has 0 amide bonds. The Kier molecular flexibility index (Phi) is 5.33. The number of anilines is 2. The van der Waals surface area contributed by atoms with Crippen molar-refractivity contribution in [3.05, 3.63) is 48.2 Å². The number of methoxy groups -OCH3 is 1. The van der Waals surface area contributed by atoms with Crippen LogP contribution in [0.3, 0.4) is 0 Å². The molecule has 0 spiro atoms. The van der Waals surface area contributed by atoms with Gasteiger partial charge in [0.05, 0.1) is 6.26 Å². The van der Waals surface area contributed by atoms with E-state index < -0.39 is 0 Å². The van der Waals surface area contributed by atoms with Crippen molar-refractivity contribution in [2.45, 2.75) is 6.54 Å². The van der Waals surface area contributed by atoms with Gasteiger partial charge in [-0.25, -0.2) is 0 Å². The minimum absolute atomic E-state index is 0.0901. The van der Waals surface area contributed by atoms with Gasteiger partial charge in [0, 0.05) is 33.4 Å². The lowest BCUT2D eigenvalue weighted by molar-refractivity contribution is 0.0748. The molecule has 0 aliphatic rings. The Morgan fingerprint density at radius 1 is 1.27 bits per heavy atom. The van der Waals surface area contributed by atoms with Crippen LogP contribution < -0.4 is 10.2 Å². The van der Waals surface area contributed by atoms with Crippen LogP contribution in [0.2, 0.25) is 0 Å². The molecule has 136 valence electrons. The third kappa shape index (κ3) is 3.92. The van der Waals surface area contributed by atoms with Crippen LogP contribution >= 0.6 is 0 Å². The molecule has 3 aromatic rings. The fraction of sp³-hybridized carbons (Fsp3) is 0.278. The van der Waals surface area contributed by atoms with Crippen molar-refractivity contribution >= 4 is 17.5 Å². The topological polar surface area (TPSA) is 85.4 Å². The van der Waals surface area contributed by atoms with E-state index in [0.717, 1.165) is 11.3 Å². The lowest BCUT2D eigenvalue weighted by Crippen LogP contribution is -2.20. The van der Waals surface area contributed by atoms with Gasteiger partial charge in [0.2, 0.25) is 11.8 Å². The van der Waals surface area contributed by atoms with Crippen molar-refractivity contribution in [3.63, 3.8) is 0 Å². The molecule has 0 fully saturated rings. The van der Waals surface area contributed by atoms with Gasteiger partial charge < -0.3 is 19.4 Å². The van der Waals surface area contributed by atoms with E-state index in [1.54, 1.807) is 12.1 Å². The molecule has 0 unspecified atom stereocenters. The zero-order valence-corrected chi connectivity index (χ0v) is 15.0. The molecule has 26 heavy (non-hydrogen) atoms. The van der Waals surface area contributed by atoms with E-state index in [2.05, 4.69) is 15.4 Å². The maximum absolute atomic E-state index is 12.2. The van der Waals surface area contributed by atoms with Gasteiger partial charge in [-0.05, 0) is 29.8 Å². The molecule has 0 saturated heterocycles. The van der Waals surface area contributed by atoms with E-state index in [0.29, 0.717) is 24.1 Å². The Morgan fingerprint density at radius 2 is 2.04 bits per heavy atom. The Labute approximate surface area is 151 Å². The summed E-state index contributed by atoms with van der Waals surface area (Å²) < 4.78 is 11.4. The molecule has 8 nitrogen and oxygen atoms in total. The zero-order valence-electron chi connectivity index (χ0n) is 15.0. The highest BCUT2D eigenvalue weighted by molar-refractivity contribution is 5.82. The van der Waals surface area contributed by atoms with E-state index in [-0.39, 0.29) is 12.5 Å². The molecular weight excluding hydrogens is 334 g/mol. The molecule has 0 bridgehead atoms. The summed E-state index contributed by atoms with van der Waals surface area (Å²) in [5.74, 6) is 0.857. The van der Waals surface area contributed by atoms with E-state index >= 15 is 0 Å². The maximum atomic E-state index is 12.2. The second kappa shape index (κ2) is 7.83. The highest BCUT2D eigenvalue weighted by atomic mass is 16.5. The van der Waals surface area contributed by atoms with Gasteiger partial charge in [0.15, 0.2) is 5.76 Å². The summed E-state index contributed by atoms with van der Waals surface area (Å²) in [5, 5.41) is 7.39. The first-order chi connectivity index (χ1) is 12.6. The quantitative estimate of drug-likeness (QED) is 0.697. The third-order valence-electron chi connectivity index (χ3n) is 3.76. The molecule has 1 aromatic carbocycles. The SMILES string of the molecule is COCC(=O)n1nc(-c2ccco2)nc1NCc1ccc(N(C)C)cc1. The largest absolute Gasteiger partial charge is 0.461 e. The highest BCUT2D eigenvalue weighted by Gasteiger charge is 2.18. The van der Waals surface area contributed by atoms with Gasteiger partial charge in [0.25, 0.3) is 5.91 Å². The Hall–Kier alpha value is -3.13. The number of rotatable bonds is 7. The number of furan rings is 1. The summed E-state index contributed by atoms with van der Waals surface area (Å²) in [6.45, 7) is 0.414. The van der Waals surface area contributed by atoms with Gasteiger partial charge >= 0.3 is 0 Å². The lowest BCUT2D eigenvalue weighted by Gasteiger charge is -2.13. The average Bonchev–Trinajstić information content (AvgIpc) is 3.30. The van der Waals surface area contributed by atoms with Crippen molar-refractivity contribution in [3.8, 4) is 11.6 Å². The first kappa shape index (κ1) is 17.7. The fourth-order valence-electron chi connectivity index (χ4n) is 2.39. The second-order valence-corrected chi connectivity index (χ2v) is 5.89. The molecule has 0 aliphatic carbocycles. The first-order valence-corrected chi connectivity index (χ1v) is 8.11. The second-order valence-electron chi connectivity index (χ2n) is 5.89. The first-order valence-electron chi connectivity index (χ1n) is 8.11. The smallest absolute Gasteiger partial charge is 0.276 e. The van der Waals surface area contributed by atoms with Crippen molar-refractivity contribution < 1.29 is 13.9 Å². The summed E-state index contributed by atoms with van der Waals surface area (Å²) in [7, 11) is 5.45. The van der Waals surface area contributed by atoms with Crippen LogP contribution in [0.15, 0.2) is 47.1 Å². The van der Waals surface area contributed by atoms with E-state index in [1.165, 1.54) is 18.1 Å². The normalized spacial score (nSPS) is 10.7. The molecule has 2 aromatic heterocycles. The summed E-state index contributed by atoms with van der Waals surface area (Å²) in [4.78, 5) is 18.7. The molecule has 8 heteroatoms. The molecule has 0 radical (unpaired) electrons. The predicted molar refractivity (Wildman–Crippen MR) is 98.3 cm³/mol. The molecule has 1 N–H and O–H groups in total. The van der Waals surface area contributed by atoms with Crippen LogP contribution in [0.4, 0.5) is 11.6 Å². The molecule has 3 rings (SSSR count). The van der Waals surface area contributed by atoms with Crippen LogP contribution in [0.25, 0.3) is 11.6 Å². The highest BCUT2D eigenvalue weighted by Crippen LogP contribution is 2.19. The number of aromatic nitrogens is 3. The minimum Gasteiger partial charge on any atom is -0.461 e. The standard InChI is InChI=1S/C18H21N5O3/c1-22(2)14-8-6-13(7-9-14)11-19-18-20-17(15-5-4-10-26-15)21-23(18)16(24)12-25-3/h4-10H,11-12H2,1-3H3,(H,19,20,21). The van der Waals surface area contributed by atoms with Crippen molar-refractivity contribution in [2.24, 2.45) is 0 Å². The Balaban J connectivity index is 1.80. The van der Waals surface area contributed by atoms with Gasteiger partial charge in [0.1, 0.15) is 6.61 Å². The van der Waals surface area contributed by atoms with Gasteiger partial charge in [-0.1, -0.05) is 12.1 Å². The van der Waals surface area contributed by atoms with Crippen LogP contribution in [-0.4, -0.2) is 48.5 Å². The number of carbonyl (C=O) groups excluding carboxylic acids is 1. The van der Waals surface area contributed by atoms with Crippen molar-refractivity contribution in [1.29, 1.82) is 0 Å². The number of ether oxygens (including phenoxy) is 1. The van der Waals surface area contributed by atoms with Gasteiger partial charge in [-0.3, -0.25) is 4.79 Å².